The highest BCUT2D eigenvalue weighted by Gasteiger charge is 2.34. The number of halogens is 1. The van der Waals surface area contributed by atoms with E-state index in [1.54, 1.807) is 24.3 Å². The van der Waals surface area contributed by atoms with Gasteiger partial charge in [-0.05, 0) is 23.5 Å². The van der Waals surface area contributed by atoms with Crippen molar-refractivity contribution >= 4 is 43.9 Å². The molecule has 0 saturated carbocycles. The molecule has 1 N–H and O–H groups in total. The molecule has 1 aromatic heterocycles. The quantitative estimate of drug-likeness (QED) is 0.867. The number of aromatic nitrogens is 1. The van der Waals surface area contributed by atoms with Crippen molar-refractivity contribution in [2.45, 2.75) is 32.4 Å². The van der Waals surface area contributed by atoms with E-state index in [1.807, 2.05) is 13.8 Å². The first-order valence-corrected chi connectivity index (χ1v) is 10.3. The maximum atomic E-state index is 12.4. The predicted molar refractivity (Wildman–Crippen MR) is 96.2 cm³/mol. The summed E-state index contributed by atoms with van der Waals surface area (Å²) in [6, 6.07) is 6.80. The number of fused-ring (bicyclic) bond motifs is 1. The summed E-state index contributed by atoms with van der Waals surface area (Å²) in [7, 11) is -3.65. The van der Waals surface area contributed by atoms with E-state index in [4.69, 9.17) is 11.6 Å². The van der Waals surface area contributed by atoms with Crippen LogP contribution in [0.15, 0.2) is 24.3 Å². The van der Waals surface area contributed by atoms with Gasteiger partial charge in [-0.25, -0.2) is 13.4 Å². The lowest BCUT2D eigenvalue weighted by atomic mass is 9.78. The zero-order chi connectivity index (χ0) is 17.5. The smallest absolute Gasteiger partial charge is 0.238 e. The Kier molecular flexibility index (Phi) is 4.44. The first-order chi connectivity index (χ1) is 11.2. The number of nitrogens with zero attached hydrogens (tertiary/aromatic N) is 1. The van der Waals surface area contributed by atoms with Crippen molar-refractivity contribution in [2.75, 3.05) is 4.72 Å². The van der Waals surface area contributed by atoms with Crippen molar-refractivity contribution in [1.82, 2.24) is 4.98 Å². The monoisotopic (exact) mass is 384 g/mol. The highest BCUT2D eigenvalue weighted by Crippen LogP contribution is 2.38. The third kappa shape index (κ3) is 3.79. The second-order valence-corrected chi connectivity index (χ2v) is 9.82. The van der Waals surface area contributed by atoms with Crippen LogP contribution in [0.3, 0.4) is 0 Å². The minimum Gasteiger partial charge on any atom is -0.293 e. The molecule has 0 bridgehead atoms. The van der Waals surface area contributed by atoms with Crippen LogP contribution in [0.25, 0.3) is 0 Å². The number of hydrogen-bond donors (Lipinski definition) is 1. The summed E-state index contributed by atoms with van der Waals surface area (Å²) < 4.78 is 27.2. The van der Waals surface area contributed by atoms with Crippen molar-refractivity contribution in [2.24, 2.45) is 5.41 Å². The molecule has 5 nitrogen and oxygen atoms in total. The third-order valence-electron chi connectivity index (χ3n) is 3.78. The number of hydrogen-bond acceptors (Lipinski definition) is 5. The largest absolute Gasteiger partial charge is 0.293 e. The van der Waals surface area contributed by atoms with Crippen molar-refractivity contribution in [3.63, 3.8) is 0 Å². The Balaban J connectivity index is 1.82. The second kappa shape index (κ2) is 6.13. The summed E-state index contributed by atoms with van der Waals surface area (Å²) in [5.74, 6) is -0.216. The third-order valence-corrected chi connectivity index (χ3v) is 6.53. The number of ketones is 1. The predicted octanol–water partition coefficient (Wildman–Crippen LogP) is 3.89. The summed E-state index contributed by atoms with van der Waals surface area (Å²) in [4.78, 5) is 17.1. The Hall–Kier alpha value is -1.44. The topological polar surface area (TPSA) is 76.1 Å². The van der Waals surface area contributed by atoms with E-state index in [2.05, 4.69) is 9.71 Å². The standard InChI is InChI=1S/C16H17ClN2O3S2/c1-16(2)7-12-14(13(20)8-16)23-15(18-12)19-24(21,22)9-10-5-3-4-6-11(10)17/h3-6H,7-9H2,1-2H3,(H,18,19). The van der Waals surface area contributed by atoms with E-state index in [0.29, 0.717) is 34.0 Å². The lowest BCUT2D eigenvalue weighted by molar-refractivity contribution is 0.0916. The molecule has 128 valence electrons. The van der Waals surface area contributed by atoms with Gasteiger partial charge in [0.2, 0.25) is 10.0 Å². The molecule has 1 aliphatic carbocycles. The first kappa shape index (κ1) is 17.4. The van der Waals surface area contributed by atoms with Gasteiger partial charge in [-0.1, -0.05) is 55.0 Å². The molecule has 0 aliphatic heterocycles. The summed E-state index contributed by atoms with van der Waals surface area (Å²) in [6.07, 6.45) is 1.12. The number of benzene rings is 1. The van der Waals surface area contributed by atoms with Gasteiger partial charge in [0.15, 0.2) is 10.9 Å². The summed E-state index contributed by atoms with van der Waals surface area (Å²) in [5, 5.41) is 0.635. The molecular weight excluding hydrogens is 368 g/mol. The number of rotatable bonds is 4. The Morgan fingerprint density at radius 2 is 2.00 bits per heavy atom. The maximum Gasteiger partial charge on any atom is 0.238 e. The van der Waals surface area contributed by atoms with E-state index >= 15 is 0 Å². The molecule has 0 spiro atoms. The number of anilines is 1. The Labute approximate surface area is 150 Å². The van der Waals surface area contributed by atoms with E-state index in [9.17, 15) is 13.2 Å². The van der Waals surface area contributed by atoms with Crippen molar-refractivity contribution < 1.29 is 13.2 Å². The highest BCUT2D eigenvalue weighted by atomic mass is 35.5. The number of sulfonamides is 1. The molecule has 0 atom stereocenters. The lowest BCUT2D eigenvalue weighted by Crippen LogP contribution is -2.26. The van der Waals surface area contributed by atoms with Crippen LogP contribution in [0, 0.1) is 5.41 Å². The van der Waals surface area contributed by atoms with Gasteiger partial charge in [-0.2, -0.15) is 0 Å². The number of carbonyl (C=O) groups is 1. The Bertz CT molecular complexity index is 904. The molecule has 24 heavy (non-hydrogen) atoms. The molecule has 8 heteroatoms. The molecular formula is C16H17ClN2O3S2. The van der Waals surface area contributed by atoms with E-state index < -0.39 is 10.0 Å². The Morgan fingerprint density at radius 3 is 2.71 bits per heavy atom. The van der Waals surface area contributed by atoms with Crippen LogP contribution in [0.4, 0.5) is 5.13 Å². The molecule has 0 saturated heterocycles. The minimum absolute atomic E-state index is 0.0234. The fraction of sp³-hybridized carbons (Fsp3) is 0.375. The van der Waals surface area contributed by atoms with Gasteiger partial charge in [0.05, 0.1) is 16.3 Å². The van der Waals surface area contributed by atoms with E-state index in [0.717, 1.165) is 11.3 Å². The van der Waals surface area contributed by atoms with Gasteiger partial charge < -0.3 is 0 Å². The van der Waals surface area contributed by atoms with Crippen molar-refractivity contribution in [1.29, 1.82) is 0 Å². The zero-order valence-electron chi connectivity index (χ0n) is 13.3. The van der Waals surface area contributed by atoms with Gasteiger partial charge in [0.1, 0.15) is 0 Å². The van der Waals surface area contributed by atoms with Crippen LogP contribution in [-0.2, 0) is 22.2 Å². The molecule has 2 aromatic rings. The second-order valence-electron chi connectivity index (χ2n) is 6.69. The molecule has 0 amide bonds. The molecule has 3 rings (SSSR count). The molecule has 0 unspecified atom stereocenters. The molecule has 0 fully saturated rings. The van der Waals surface area contributed by atoms with Crippen LogP contribution in [0.1, 0.15) is 41.2 Å². The zero-order valence-corrected chi connectivity index (χ0v) is 15.7. The summed E-state index contributed by atoms with van der Waals surface area (Å²) in [6.45, 7) is 4.02. The maximum absolute atomic E-state index is 12.4. The SMILES string of the molecule is CC1(C)CC(=O)c2sc(NS(=O)(=O)Cc3ccccc3Cl)nc2C1. The van der Waals surface area contributed by atoms with Crippen molar-refractivity contribution in [3.05, 3.63) is 45.4 Å². The lowest BCUT2D eigenvalue weighted by Gasteiger charge is -2.26. The Morgan fingerprint density at radius 1 is 1.29 bits per heavy atom. The van der Waals surface area contributed by atoms with E-state index in [-0.39, 0.29) is 22.1 Å². The van der Waals surface area contributed by atoms with Crippen LogP contribution in [0.2, 0.25) is 5.02 Å². The average molecular weight is 385 g/mol. The highest BCUT2D eigenvalue weighted by molar-refractivity contribution is 7.92. The number of thiazole rings is 1. The molecule has 0 radical (unpaired) electrons. The average Bonchev–Trinajstić information content (AvgIpc) is 2.81. The fourth-order valence-corrected chi connectivity index (χ4v) is 5.40. The van der Waals surface area contributed by atoms with Gasteiger partial charge in [0, 0.05) is 11.4 Å². The van der Waals surface area contributed by atoms with Gasteiger partial charge in [0.25, 0.3) is 0 Å². The summed E-state index contributed by atoms with van der Waals surface area (Å²) in [5.41, 5.74) is 1.05. The van der Waals surface area contributed by atoms with Crippen LogP contribution >= 0.6 is 22.9 Å². The molecule has 1 aliphatic rings. The fourth-order valence-electron chi connectivity index (χ4n) is 2.75. The normalized spacial score (nSPS) is 16.7. The van der Waals surface area contributed by atoms with Crippen molar-refractivity contribution in [3.8, 4) is 0 Å². The number of Topliss-reactive ketones (excluding diaryl/α,β-unsaturated/α-hetero) is 1. The summed E-state index contributed by atoms with van der Waals surface area (Å²) >= 11 is 7.12. The van der Waals surface area contributed by atoms with Gasteiger partial charge >= 0.3 is 0 Å². The minimum atomic E-state index is -3.65. The van der Waals surface area contributed by atoms with Crippen LogP contribution < -0.4 is 4.72 Å². The van der Waals surface area contributed by atoms with Gasteiger partial charge in [-0.15, -0.1) is 0 Å². The van der Waals surface area contributed by atoms with Crippen LogP contribution in [0.5, 0.6) is 0 Å². The molecule has 1 heterocycles. The number of carbonyl (C=O) groups excluding carboxylic acids is 1. The van der Waals surface area contributed by atoms with E-state index in [1.165, 1.54) is 0 Å². The van der Waals surface area contributed by atoms with Crippen LogP contribution in [-0.4, -0.2) is 19.2 Å². The number of nitrogens with one attached hydrogen (secondary N) is 1. The molecule has 1 aromatic carbocycles. The first-order valence-electron chi connectivity index (χ1n) is 7.42. The van der Waals surface area contributed by atoms with Gasteiger partial charge in [-0.3, -0.25) is 9.52 Å².